The Morgan fingerprint density at radius 2 is 2.22 bits per heavy atom. The van der Waals surface area contributed by atoms with E-state index in [1.165, 1.54) is 0 Å². The Balaban J connectivity index is 1.84. The van der Waals surface area contributed by atoms with Crippen LogP contribution in [-0.2, 0) is 4.74 Å². The second-order valence-corrected chi connectivity index (χ2v) is 4.25. The van der Waals surface area contributed by atoms with Crippen LogP contribution in [0.3, 0.4) is 0 Å². The molecule has 0 bridgehead atoms. The highest BCUT2D eigenvalue weighted by atomic mass is 16.5. The largest absolute Gasteiger partial charge is 0.497 e. The minimum atomic E-state index is -0.539. The summed E-state index contributed by atoms with van der Waals surface area (Å²) in [5.74, 6) is 0.762. The summed E-state index contributed by atoms with van der Waals surface area (Å²) < 4.78 is 10.4. The third-order valence-corrected chi connectivity index (χ3v) is 3.00. The van der Waals surface area contributed by atoms with Crippen LogP contribution < -0.4 is 10.2 Å². The van der Waals surface area contributed by atoms with Gasteiger partial charge in [-0.1, -0.05) is 12.1 Å². The van der Waals surface area contributed by atoms with E-state index < -0.39 is 6.10 Å². The monoisotopic (exact) mass is 252 g/mol. The zero-order chi connectivity index (χ0) is 12.8. The van der Waals surface area contributed by atoms with Crippen molar-refractivity contribution in [2.24, 2.45) is 0 Å². The van der Waals surface area contributed by atoms with Gasteiger partial charge in [0.1, 0.15) is 5.75 Å². The van der Waals surface area contributed by atoms with Crippen molar-refractivity contribution in [3.63, 3.8) is 0 Å². The number of nitrogens with one attached hydrogen (secondary N) is 1. The van der Waals surface area contributed by atoms with Crippen LogP contribution >= 0.6 is 0 Å². The average Bonchev–Trinajstić information content (AvgIpc) is 2.46. The van der Waals surface area contributed by atoms with E-state index in [1.807, 2.05) is 24.3 Å². The molecule has 1 heterocycles. The van der Waals surface area contributed by atoms with Gasteiger partial charge in [0.25, 0.3) is 0 Å². The Morgan fingerprint density at radius 1 is 1.44 bits per heavy atom. The molecule has 1 aromatic carbocycles. The van der Waals surface area contributed by atoms with Gasteiger partial charge in [-0.2, -0.15) is 0 Å². The SMILES string of the molecule is COc1cccc(C(O)CNN2CCOCC2)c1. The van der Waals surface area contributed by atoms with Gasteiger partial charge < -0.3 is 14.6 Å². The normalized spacial score (nSPS) is 18.6. The van der Waals surface area contributed by atoms with Gasteiger partial charge in [-0.25, -0.2) is 5.01 Å². The number of hydrazine groups is 1. The summed E-state index contributed by atoms with van der Waals surface area (Å²) in [6.07, 6.45) is -0.539. The zero-order valence-electron chi connectivity index (χ0n) is 10.6. The van der Waals surface area contributed by atoms with Gasteiger partial charge in [-0.05, 0) is 17.7 Å². The molecule has 5 heteroatoms. The standard InChI is InChI=1S/C13H20N2O3/c1-17-12-4-2-3-11(9-12)13(16)10-14-15-5-7-18-8-6-15/h2-4,9,13-14,16H,5-8,10H2,1H3. The van der Waals surface area contributed by atoms with Gasteiger partial charge in [0.2, 0.25) is 0 Å². The molecule has 2 N–H and O–H groups in total. The van der Waals surface area contributed by atoms with Crippen LogP contribution in [0.5, 0.6) is 5.75 Å². The molecule has 1 aliphatic rings. The van der Waals surface area contributed by atoms with Crippen LogP contribution in [0.1, 0.15) is 11.7 Å². The number of rotatable bonds is 5. The van der Waals surface area contributed by atoms with Crippen molar-refractivity contribution in [2.75, 3.05) is 40.0 Å². The molecule has 18 heavy (non-hydrogen) atoms. The van der Waals surface area contributed by atoms with Gasteiger partial charge >= 0.3 is 0 Å². The van der Waals surface area contributed by atoms with Gasteiger partial charge in [-0.3, -0.25) is 5.43 Å². The molecule has 2 rings (SSSR count). The van der Waals surface area contributed by atoms with Crippen molar-refractivity contribution in [2.45, 2.75) is 6.10 Å². The minimum Gasteiger partial charge on any atom is -0.497 e. The van der Waals surface area contributed by atoms with E-state index in [0.717, 1.165) is 37.6 Å². The van der Waals surface area contributed by atoms with Crippen LogP contribution in [0.2, 0.25) is 0 Å². The fourth-order valence-electron chi connectivity index (χ4n) is 1.90. The number of ether oxygens (including phenoxy) is 2. The van der Waals surface area contributed by atoms with Crippen LogP contribution in [-0.4, -0.2) is 50.1 Å². The average molecular weight is 252 g/mol. The first-order valence-corrected chi connectivity index (χ1v) is 6.18. The number of aliphatic hydroxyl groups is 1. The number of morpholine rings is 1. The second-order valence-electron chi connectivity index (χ2n) is 4.25. The second kappa shape index (κ2) is 6.70. The van der Waals surface area contributed by atoms with Crippen LogP contribution in [0.25, 0.3) is 0 Å². The summed E-state index contributed by atoms with van der Waals surface area (Å²) in [6.45, 7) is 3.67. The van der Waals surface area contributed by atoms with Gasteiger partial charge in [0.05, 0.1) is 26.4 Å². The lowest BCUT2D eigenvalue weighted by atomic mass is 10.1. The first kappa shape index (κ1) is 13.3. The smallest absolute Gasteiger partial charge is 0.119 e. The molecule has 0 amide bonds. The van der Waals surface area contributed by atoms with Gasteiger partial charge in [0, 0.05) is 19.6 Å². The Morgan fingerprint density at radius 3 is 2.94 bits per heavy atom. The first-order valence-electron chi connectivity index (χ1n) is 6.18. The molecule has 1 fully saturated rings. The molecular formula is C13H20N2O3. The number of nitrogens with zero attached hydrogens (tertiary/aromatic N) is 1. The highest BCUT2D eigenvalue weighted by Gasteiger charge is 2.13. The van der Waals surface area contributed by atoms with E-state index in [9.17, 15) is 5.11 Å². The predicted octanol–water partition coefficient (Wildman–Crippen LogP) is 0.565. The number of aliphatic hydroxyl groups excluding tert-OH is 1. The maximum absolute atomic E-state index is 10.1. The quantitative estimate of drug-likeness (QED) is 0.802. The Labute approximate surface area is 107 Å². The maximum atomic E-state index is 10.1. The Hall–Kier alpha value is -1.14. The van der Waals surface area contributed by atoms with E-state index in [-0.39, 0.29) is 0 Å². The van der Waals surface area contributed by atoms with E-state index in [1.54, 1.807) is 7.11 Å². The maximum Gasteiger partial charge on any atom is 0.119 e. The topological polar surface area (TPSA) is 54.0 Å². The molecule has 0 aliphatic carbocycles. The van der Waals surface area contributed by atoms with E-state index in [2.05, 4.69) is 10.4 Å². The summed E-state index contributed by atoms with van der Waals surface area (Å²) in [7, 11) is 1.62. The molecule has 1 atom stereocenters. The number of methoxy groups -OCH3 is 1. The molecule has 1 aliphatic heterocycles. The molecule has 1 unspecified atom stereocenters. The van der Waals surface area contributed by atoms with Crippen molar-refractivity contribution in [1.82, 2.24) is 10.4 Å². The van der Waals surface area contributed by atoms with Crippen molar-refractivity contribution in [3.8, 4) is 5.75 Å². The molecule has 0 saturated carbocycles. The third-order valence-electron chi connectivity index (χ3n) is 3.00. The Bertz CT molecular complexity index is 367. The van der Waals surface area contributed by atoms with Crippen molar-refractivity contribution in [1.29, 1.82) is 0 Å². The zero-order valence-corrected chi connectivity index (χ0v) is 10.6. The molecular weight excluding hydrogens is 232 g/mol. The third kappa shape index (κ3) is 3.68. The lowest BCUT2D eigenvalue weighted by molar-refractivity contribution is 0.00311. The molecule has 100 valence electrons. The van der Waals surface area contributed by atoms with Crippen LogP contribution in [0, 0.1) is 0 Å². The molecule has 0 aromatic heterocycles. The summed E-state index contributed by atoms with van der Waals surface area (Å²) in [4.78, 5) is 0. The van der Waals surface area contributed by atoms with Crippen LogP contribution in [0.15, 0.2) is 24.3 Å². The van der Waals surface area contributed by atoms with E-state index in [4.69, 9.17) is 9.47 Å². The highest BCUT2D eigenvalue weighted by molar-refractivity contribution is 5.29. The molecule has 1 saturated heterocycles. The van der Waals surface area contributed by atoms with Crippen molar-refractivity contribution >= 4 is 0 Å². The fourth-order valence-corrected chi connectivity index (χ4v) is 1.90. The summed E-state index contributed by atoms with van der Waals surface area (Å²) >= 11 is 0. The van der Waals surface area contributed by atoms with Crippen LogP contribution in [0.4, 0.5) is 0 Å². The summed E-state index contributed by atoms with van der Waals surface area (Å²) in [5, 5.41) is 12.2. The number of benzene rings is 1. The lowest BCUT2D eigenvalue weighted by Gasteiger charge is -2.28. The lowest BCUT2D eigenvalue weighted by Crippen LogP contribution is -2.47. The summed E-state index contributed by atoms with van der Waals surface area (Å²) in [6, 6.07) is 7.50. The Kier molecular flexibility index (Phi) is 4.95. The molecule has 5 nitrogen and oxygen atoms in total. The number of hydrogen-bond donors (Lipinski definition) is 2. The van der Waals surface area contributed by atoms with Gasteiger partial charge in [0.15, 0.2) is 0 Å². The van der Waals surface area contributed by atoms with E-state index in [0.29, 0.717) is 6.54 Å². The van der Waals surface area contributed by atoms with E-state index >= 15 is 0 Å². The van der Waals surface area contributed by atoms with Crippen molar-refractivity contribution < 1.29 is 14.6 Å². The van der Waals surface area contributed by atoms with Gasteiger partial charge in [-0.15, -0.1) is 0 Å². The highest BCUT2D eigenvalue weighted by Crippen LogP contribution is 2.18. The predicted molar refractivity (Wildman–Crippen MR) is 68.3 cm³/mol. The number of hydrogen-bond acceptors (Lipinski definition) is 5. The molecule has 0 radical (unpaired) electrons. The minimum absolute atomic E-state index is 0.493. The van der Waals surface area contributed by atoms with Crippen molar-refractivity contribution in [3.05, 3.63) is 29.8 Å². The fraction of sp³-hybridized carbons (Fsp3) is 0.538. The molecule has 1 aromatic rings. The first-order chi connectivity index (χ1) is 8.79. The molecule has 0 spiro atoms. The summed E-state index contributed by atoms with van der Waals surface area (Å²) in [5.41, 5.74) is 4.08.